The van der Waals surface area contributed by atoms with Crippen LogP contribution in [0.1, 0.15) is 18.6 Å². The molecule has 76 valence electrons. The van der Waals surface area contributed by atoms with E-state index in [4.69, 9.17) is 11.6 Å². The summed E-state index contributed by atoms with van der Waals surface area (Å²) in [6.07, 6.45) is -0.868. The van der Waals surface area contributed by atoms with Crippen molar-refractivity contribution < 1.29 is 14.6 Å². The number of esters is 1. The maximum atomic E-state index is 10.5. The van der Waals surface area contributed by atoms with Crippen LogP contribution in [0, 0.1) is 0 Å². The average Bonchev–Trinajstić information content (AvgIpc) is 2.15. The highest BCUT2D eigenvalue weighted by atomic mass is 35.5. The minimum Gasteiger partial charge on any atom is -0.463 e. The molecule has 1 N–H and O–H groups in total. The van der Waals surface area contributed by atoms with Crippen molar-refractivity contribution in [1.82, 2.24) is 0 Å². The van der Waals surface area contributed by atoms with E-state index in [0.717, 1.165) is 0 Å². The third kappa shape index (κ3) is 3.01. The zero-order chi connectivity index (χ0) is 10.6. The van der Waals surface area contributed by atoms with E-state index in [-0.39, 0.29) is 6.61 Å². The molecule has 1 atom stereocenters. The average molecular weight is 215 g/mol. The smallest absolute Gasteiger partial charge is 0.302 e. The molecule has 0 radical (unpaired) electrons. The van der Waals surface area contributed by atoms with Gasteiger partial charge in [0.25, 0.3) is 0 Å². The number of benzene rings is 1. The van der Waals surface area contributed by atoms with Crippen LogP contribution < -0.4 is 0 Å². The van der Waals surface area contributed by atoms with Gasteiger partial charge in [0, 0.05) is 17.5 Å². The summed E-state index contributed by atoms with van der Waals surface area (Å²) in [5, 5.41) is 10.1. The van der Waals surface area contributed by atoms with Crippen LogP contribution in [0.4, 0.5) is 0 Å². The van der Waals surface area contributed by atoms with E-state index in [9.17, 15) is 9.90 Å². The number of aliphatic hydroxyl groups is 1. The van der Waals surface area contributed by atoms with Crippen molar-refractivity contribution in [2.45, 2.75) is 13.0 Å². The number of aliphatic hydroxyl groups excluding tert-OH is 1. The summed E-state index contributed by atoms with van der Waals surface area (Å²) in [6.45, 7) is 1.22. The second-order valence-electron chi connectivity index (χ2n) is 2.84. The van der Waals surface area contributed by atoms with Crippen LogP contribution in [0.25, 0.3) is 0 Å². The summed E-state index contributed by atoms with van der Waals surface area (Å²) in [4.78, 5) is 10.5. The van der Waals surface area contributed by atoms with Crippen LogP contribution in [0.3, 0.4) is 0 Å². The van der Waals surface area contributed by atoms with E-state index < -0.39 is 12.1 Å². The number of carbonyl (C=O) groups is 1. The minimum atomic E-state index is -0.868. The third-order valence-electron chi connectivity index (χ3n) is 1.71. The van der Waals surface area contributed by atoms with Crippen LogP contribution in [0.5, 0.6) is 0 Å². The molecule has 0 aliphatic rings. The highest BCUT2D eigenvalue weighted by Gasteiger charge is 2.11. The lowest BCUT2D eigenvalue weighted by atomic mass is 10.1. The zero-order valence-corrected chi connectivity index (χ0v) is 8.49. The standard InChI is InChI=1S/C10H11ClO3/c1-7(12)14-6-10(13)8-4-2-3-5-9(8)11/h2-5,10,13H,6H2,1H3/t10-/m0/s1. The van der Waals surface area contributed by atoms with Gasteiger partial charge in [0.05, 0.1) is 0 Å². The lowest BCUT2D eigenvalue weighted by molar-refractivity contribution is -0.144. The summed E-state index contributed by atoms with van der Waals surface area (Å²) in [6, 6.07) is 6.90. The zero-order valence-electron chi connectivity index (χ0n) is 7.74. The first-order valence-electron chi connectivity index (χ1n) is 4.17. The van der Waals surface area contributed by atoms with E-state index in [1.807, 2.05) is 0 Å². The lowest BCUT2D eigenvalue weighted by Crippen LogP contribution is -2.10. The van der Waals surface area contributed by atoms with Crippen LogP contribution in [-0.2, 0) is 9.53 Å². The molecule has 1 rings (SSSR count). The van der Waals surface area contributed by atoms with Crippen LogP contribution in [-0.4, -0.2) is 17.7 Å². The Balaban J connectivity index is 2.65. The van der Waals surface area contributed by atoms with Gasteiger partial charge in [-0.15, -0.1) is 0 Å². The summed E-state index contributed by atoms with van der Waals surface area (Å²) < 4.78 is 4.67. The molecule has 0 aliphatic heterocycles. The van der Waals surface area contributed by atoms with Gasteiger partial charge in [0.1, 0.15) is 12.7 Å². The second-order valence-corrected chi connectivity index (χ2v) is 3.25. The molecule has 0 spiro atoms. The predicted octanol–water partition coefficient (Wildman–Crippen LogP) is 1.94. The van der Waals surface area contributed by atoms with E-state index in [0.29, 0.717) is 10.6 Å². The molecule has 0 bridgehead atoms. The van der Waals surface area contributed by atoms with Crippen LogP contribution in [0.2, 0.25) is 5.02 Å². The highest BCUT2D eigenvalue weighted by Crippen LogP contribution is 2.22. The fourth-order valence-corrected chi connectivity index (χ4v) is 1.29. The second kappa shape index (κ2) is 4.98. The Hall–Kier alpha value is -1.06. The molecular weight excluding hydrogens is 204 g/mol. The topological polar surface area (TPSA) is 46.5 Å². The molecule has 0 fully saturated rings. The molecule has 1 aromatic carbocycles. The Labute approximate surface area is 87.3 Å². The number of ether oxygens (including phenoxy) is 1. The Kier molecular flexibility index (Phi) is 3.92. The molecule has 0 saturated carbocycles. The van der Waals surface area contributed by atoms with Crippen molar-refractivity contribution in [3.05, 3.63) is 34.9 Å². The fourth-order valence-electron chi connectivity index (χ4n) is 1.03. The van der Waals surface area contributed by atoms with E-state index >= 15 is 0 Å². The van der Waals surface area contributed by atoms with Crippen molar-refractivity contribution in [2.24, 2.45) is 0 Å². The van der Waals surface area contributed by atoms with Gasteiger partial charge in [-0.1, -0.05) is 29.8 Å². The number of halogens is 1. The van der Waals surface area contributed by atoms with Gasteiger partial charge in [-0.25, -0.2) is 0 Å². The predicted molar refractivity (Wildman–Crippen MR) is 53.0 cm³/mol. The lowest BCUT2D eigenvalue weighted by Gasteiger charge is -2.11. The first-order chi connectivity index (χ1) is 6.61. The van der Waals surface area contributed by atoms with Gasteiger partial charge in [-0.2, -0.15) is 0 Å². The first kappa shape index (κ1) is 11.0. The monoisotopic (exact) mass is 214 g/mol. The molecule has 0 heterocycles. The summed E-state index contributed by atoms with van der Waals surface area (Å²) in [5.41, 5.74) is 0.565. The molecule has 0 amide bonds. The molecule has 1 aromatic rings. The largest absolute Gasteiger partial charge is 0.463 e. The number of hydrogen-bond acceptors (Lipinski definition) is 3. The maximum Gasteiger partial charge on any atom is 0.302 e. The van der Waals surface area contributed by atoms with E-state index in [1.165, 1.54) is 6.92 Å². The number of carbonyl (C=O) groups excluding carboxylic acids is 1. The van der Waals surface area contributed by atoms with Gasteiger partial charge in [-0.05, 0) is 6.07 Å². The molecule has 0 aromatic heterocycles. The Morgan fingerprint density at radius 3 is 2.79 bits per heavy atom. The summed E-state index contributed by atoms with van der Waals surface area (Å²) in [7, 11) is 0. The summed E-state index contributed by atoms with van der Waals surface area (Å²) >= 11 is 5.83. The van der Waals surface area contributed by atoms with Crippen molar-refractivity contribution >= 4 is 17.6 Å². The van der Waals surface area contributed by atoms with Gasteiger partial charge < -0.3 is 9.84 Å². The van der Waals surface area contributed by atoms with Gasteiger partial charge >= 0.3 is 5.97 Å². The molecular formula is C10H11ClO3. The maximum absolute atomic E-state index is 10.5. The molecule has 0 aliphatic carbocycles. The molecule has 3 nitrogen and oxygen atoms in total. The normalized spacial score (nSPS) is 12.2. The molecule has 0 unspecified atom stereocenters. The number of rotatable bonds is 3. The SMILES string of the molecule is CC(=O)OC[C@H](O)c1ccccc1Cl. The van der Waals surface area contributed by atoms with Crippen LogP contribution >= 0.6 is 11.6 Å². The van der Waals surface area contributed by atoms with Crippen molar-refractivity contribution in [1.29, 1.82) is 0 Å². The van der Waals surface area contributed by atoms with E-state index in [2.05, 4.69) is 4.74 Å². The van der Waals surface area contributed by atoms with Crippen molar-refractivity contribution in [3.8, 4) is 0 Å². The molecule has 14 heavy (non-hydrogen) atoms. The Bertz CT molecular complexity index is 325. The van der Waals surface area contributed by atoms with Gasteiger partial charge in [0.15, 0.2) is 0 Å². The highest BCUT2D eigenvalue weighted by molar-refractivity contribution is 6.31. The quantitative estimate of drug-likeness (QED) is 0.783. The van der Waals surface area contributed by atoms with E-state index in [1.54, 1.807) is 24.3 Å². The fraction of sp³-hybridized carbons (Fsp3) is 0.300. The van der Waals surface area contributed by atoms with Crippen LogP contribution in [0.15, 0.2) is 24.3 Å². The minimum absolute atomic E-state index is 0.0704. The van der Waals surface area contributed by atoms with Crippen molar-refractivity contribution in [2.75, 3.05) is 6.61 Å². The summed E-state index contributed by atoms with van der Waals surface area (Å²) in [5.74, 6) is -0.420. The van der Waals surface area contributed by atoms with Crippen molar-refractivity contribution in [3.63, 3.8) is 0 Å². The molecule has 4 heteroatoms. The van der Waals surface area contributed by atoms with Gasteiger partial charge in [-0.3, -0.25) is 4.79 Å². The molecule has 0 saturated heterocycles. The van der Waals surface area contributed by atoms with Gasteiger partial charge in [0.2, 0.25) is 0 Å². The Morgan fingerprint density at radius 2 is 2.21 bits per heavy atom. The first-order valence-corrected chi connectivity index (χ1v) is 4.55. The third-order valence-corrected chi connectivity index (χ3v) is 2.05. The number of hydrogen-bond donors (Lipinski definition) is 1. The Morgan fingerprint density at radius 1 is 1.57 bits per heavy atom.